The Bertz CT molecular complexity index is 406. The lowest BCUT2D eigenvalue weighted by Gasteiger charge is -2.24. The first kappa shape index (κ1) is 17.3. The topological polar surface area (TPSA) is 21.3 Å². The van der Waals surface area contributed by atoms with Crippen molar-refractivity contribution in [2.45, 2.75) is 47.6 Å². The Labute approximate surface area is 128 Å². The first-order chi connectivity index (χ1) is 9.31. The van der Waals surface area contributed by atoms with E-state index >= 15 is 0 Å². The molecule has 0 saturated carbocycles. The van der Waals surface area contributed by atoms with E-state index in [0.717, 1.165) is 35.0 Å². The summed E-state index contributed by atoms with van der Waals surface area (Å²) in [5, 5.41) is 4.31. The van der Waals surface area contributed by atoms with Gasteiger partial charge in [-0.2, -0.15) is 0 Å². The van der Waals surface area contributed by atoms with Crippen molar-refractivity contribution >= 4 is 11.6 Å². The fourth-order valence-corrected chi connectivity index (χ4v) is 2.19. The smallest absolute Gasteiger partial charge is 0.120 e. The summed E-state index contributed by atoms with van der Waals surface area (Å²) in [6, 6.07) is 4.04. The Kier molecular flexibility index (Phi) is 6.84. The fourth-order valence-electron chi connectivity index (χ4n) is 2.08. The molecule has 0 amide bonds. The molecule has 0 aliphatic rings. The second-order valence-electron chi connectivity index (χ2n) is 6.32. The van der Waals surface area contributed by atoms with E-state index in [1.54, 1.807) is 0 Å². The van der Waals surface area contributed by atoms with Crippen LogP contribution in [-0.2, 0) is 0 Å². The summed E-state index contributed by atoms with van der Waals surface area (Å²) in [6.07, 6.45) is 0.175. The molecule has 0 aliphatic carbocycles. The molecule has 0 saturated heterocycles. The summed E-state index contributed by atoms with van der Waals surface area (Å²) in [5.41, 5.74) is 2.14. The second-order valence-corrected chi connectivity index (χ2v) is 6.70. The van der Waals surface area contributed by atoms with Gasteiger partial charge in [-0.05, 0) is 55.5 Å². The number of ether oxygens (including phenoxy) is 1. The molecule has 114 valence electrons. The van der Waals surface area contributed by atoms with E-state index in [0.29, 0.717) is 11.8 Å². The molecule has 1 aromatic carbocycles. The molecule has 0 spiro atoms. The third-order valence-electron chi connectivity index (χ3n) is 3.34. The van der Waals surface area contributed by atoms with Gasteiger partial charge in [-0.1, -0.05) is 39.3 Å². The molecule has 1 N–H and O–H groups in total. The van der Waals surface area contributed by atoms with Gasteiger partial charge in [-0.25, -0.2) is 0 Å². The van der Waals surface area contributed by atoms with Crippen LogP contribution in [0.4, 0.5) is 0 Å². The monoisotopic (exact) mass is 297 g/mol. The van der Waals surface area contributed by atoms with Gasteiger partial charge >= 0.3 is 0 Å². The molecule has 2 nitrogen and oxygen atoms in total. The first-order valence-electron chi connectivity index (χ1n) is 7.45. The highest BCUT2D eigenvalue weighted by Gasteiger charge is 2.16. The predicted molar refractivity (Wildman–Crippen MR) is 87.9 cm³/mol. The van der Waals surface area contributed by atoms with Crippen molar-refractivity contribution in [3.8, 4) is 5.75 Å². The predicted octanol–water partition coefficient (Wildman–Crippen LogP) is 4.61. The van der Waals surface area contributed by atoms with E-state index < -0.39 is 0 Å². The zero-order chi connectivity index (χ0) is 15.3. The Morgan fingerprint density at radius 2 is 1.60 bits per heavy atom. The molecule has 20 heavy (non-hydrogen) atoms. The maximum Gasteiger partial charge on any atom is 0.120 e. The van der Waals surface area contributed by atoms with Gasteiger partial charge in [0, 0.05) is 11.6 Å². The van der Waals surface area contributed by atoms with Crippen LogP contribution in [0.25, 0.3) is 0 Å². The fraction of sp³-hybridized carbons (Fsp3) is 0.647. The van der Waals surface area contributed by atoms with Crippen molar-refractivity contribution in [2.75, 3.05) is 13.1 Å². The summed E-state index contributed by atoms with van der Waals surface area (Å²) in [7, 11) is 0. The van der Waals surface area contributed by atoms with Gasteiger partial charge in [-0.15, -0.1) is 0 Å². The van der Waals surface area contributed by atoms with Crippen LogP contribution in [0.1, 0.15) is 38.8 Å². The molecule has 0 aliphatic heterocycles. The van der Waals surface area contributed by atoms with Crippen LogP contribution in [0.3, 0.4) is 0 Å². The van der Waals surface area contributed by atoms with Gasteiger partial charge in [0.15, 0.2) is 0 Å². The summed E-state index contributed by atoms with van der Waals surface area (Å²) in [4.78, 5) is 0. The van der Waals surface area contributed by atoms with Crippen molar-refractivity contribution in [3.05, 3.63) is 28.3 Å². The van der Waals surface area contributed by atoms with Gasteiger partial charge in [0.05, 0.1) is 0 Å². The van der Waals surface area contributed by atoms with Crippen LogP contribution < -0.4 is 10.1 Å². The summed E-state index contributed by atoms with van der Waals surface area (Å²) in [5.74, 6) is 2.03. The van der Waals surface area contributed by atoms with E-state index in [9.17, 15) is 0 Å². The minimum absolute atomic E-state index is 0.175. The van der Waals surface area contributed by atoms with Crippen molar-refractivity contribution in [3.63, 3.8) is 0 Å². The van der Waals surface area contributed by atoms with Crippen molar-refractivity contribution < 1.29 is 4.74 Å². The van der Waals surface area contributed by atoms with E-state index in [4.69, 9.17) is 16.3 Å². The number of aryl methyl sites for hydroxylation is 2. The highest BCUT2D eigenvalue weighted by molar-refractivity contribution is 6.32. The number of halogens is 1. The minimum Gasteiger partial charge on any atom is -0.489 e. The largest absolute Gasteiger partial charge is 0.489 e. The van der Waals surface area contributed by atoms with Crippen molar-refractivity contribution in [2.24, 2.45) is 11.8 Å². The van der Waals surface area contributed by atoms with Crippen molar-refractivity contribution in [1.82, 2.24) is 5.32 Å². The van der Waals surface area contributed by atoms with Crippen molar-refractivity contribution in [1.29, 1.82) is 0 Å². The SMILES string of the molecule is Cc1cc(OC(CNCC(C)C)C(C)C)cc(C)c1Cl. The van der Waals surface area contributed by atoms with Crippen LogP contribution >= 0.6 is 11.6 Å². The van der Waals surface area contributed by atoms with E-state index in [2.05, 4.69) is 33.0 Å². The maximum absolute atomic E-state index is 6.20. The number of nitrogens with one attached hydrogen (secondary N) is 1. The molecule has 3 heteroatoms. The van der Waals surface area contributed by atoms with E-state index in [1.807, 2.05) is 26.0 Å². The molecule has 1 aromatic rings. The standard InChI is InChI=1S/C17H28ClNO/c1-11(2)9-19-10-16(12(3)4)20-15-7-13(5)17(18)14(6)8-15/h7-8,11-12,16,19H,9-10H2,1-6H3. The Morgan fingerprint density at radius 3 is 2.05 bits per heavy atom. The second kappa shape index (κ2) is 7.90. The Balaban J connectivity index is 2.70. The van der Waals surface area contributed by atoms with Gasteiger partial charge in [-0.3, -0.25) is 0 Å². The molecule has 0 fully saturated rings. The molecular formula is C17H28ClNO. The van der Waals surface area contributed by atoms with Gasteiger partial charge in [0.25, 0.3) is 0 Å². The normalized spacial score (nSPS) is 13.1. The van der Waals surface area contributed by atoms with Gasteiger partial charge in [0.1, 0.15) is 11.9 Å². The van der Waals surface area contributed by atoms with E-state index in [-0.39, 0.29) is 6.10 Å². The quantitative estimate of drug-likeness (QED) is 0.794. The third kappa shape index (κ3) is 5.34. The summed E-state index contributed by atoms with van der Waals surface area (Å²) >= 11 is 6.20. The molecular weight excluding hydrogens is 270 g/mol. The van der Waals surface area contributed by atoms with Crippen LogP contribution in [0.15, 0.2) is 12.1 Å². The third-order valence-corrected chi connectivity index (χ3v) is 3.94. The maximum atomic E-state index is 6.20. The minimum atomic E-state index is 0.175. The highest BCUT2D eigenvalue weighted by atomic mass is 35.5. The Hall–Kier alpha value is -0.730. The van der Waals surface area contributed by atoms with Gasteiger partial charge in [0.2, 0.25) is 0 Å². The zero-order valence-electron chi connectivity index (χ0n) is 13.6. The average molecular weight is 298 g/mol. The number of hydrogen-bond acceptors (Lipinski definition) is 2. The molecule has 0 aromatic heterocycles. The number of hydrogen-bond donors (Lipinski definition) is 1. The van der Waals surface area contributed by atoms with Crippen LogP contribution in [0.5, 0.6) is 5.75 Å². The molecule has 1 rings (SSSR count). The Morgan fingerprint density at radius 1 is 1.05 bits per heavy atom. The van der Waals surface area contributed by atoms with E-state index in [1.165, 1.54) is 0 Å². The summed E-state index contributed by atoms with van der Waals surface area (Å²) < 4.78 is 6.15. The molecule has 0 heterocycles. The lowest BCUT2D eigenvalue weighted by molar-refractivity contribution is 0.148. The molecule has 0 radical (unpaired) electrons. The highest BCUT2D eigenvalue weighted by Crippen LogP contribution is 2.27. The number of benzene rings is 1. The zero-order valence-corrected chi connectivity index (χ0v) is 14.3. The molecule has 0 bridgehead atoms. The lowest BCUT2D eigenvalue weighted by Crippen LogP contribution is -2.36. The number of rotatable bonds is 7. The van der Waals surface area contributed by atoms with Crippen LogP contribution in [0.2, 0.25) is 5.02 Å². The molecule has 1 atom stereocenters. The first-order valence-corrected chi connectivity index (χ1v) is 7.83. The summed E-state index contributed by atoms with van der Waals surface area (Å²) in [6.45, 7) is 14.7. The average Bonchev–Trinajstić information content (AvgIpc) is 2.34. The van der Waals surface area contributed by atoms with Crippen LogP contribution in [-0.4, -0.2) is 19.2 Å². The van der Waals surface area contributed by atoms with Crippen LogP contribution in [0, 0.1) is 25.7 Å². The lowest BCUT2D eigenvalue weighted by atomic mass is 10.1. The van der Waals surface area contributed by atoms with Gasteiger partial charge < -0.3 is 10.1 Å². The molecule has 1 unspecified atom stereocenters.